The van der Waals surface area contributed by atoms with Crippen molar-refractivity contribution in [2.75, 3.05) is 13.6 Å². The predicted octanol–water partition coefficient (Wildman–Crippen LogP) is 1.59. The molecule has 2 N–H and O–H groups in total. The van der Waals surface area contributed by atoms with Crippen LogP contribution in [0.2, 0.25) is 0 Å². The van der Waals surface area contributed by atoms with Crippen LogP contribution in [-0.4, -0.2) is 36.5 Å². The maximum atomic E-state index is 12.5. The van der Waals surface area contributed by atoms with E-state index in [0.29, 0.717) is 19.5 Å². The van der Waals surface area contributed by atoms with Crippen LogP contribution in [0, 0.1) is 17.2 Å². The molecule has 1 atom stereocenters. The van der Waals surface area contributed by atoms with Crippen molar-refractivity contribution in [1.29, 1.82) is 5.26 Å². The largest absolute Gasteiger partial charge is 0.357 e. The molecule has 0 radical (unpaired) electrons. The van der Waals surface area contributed by atoms with E-state index in [1.54, 1.807) is 11.9 Å². The lowest BCUT2D eigenvalue weighted by molar-refractivity contribution is -0.123. The van der Waals surface area contributed by atoms with Crippen LogP contribution in [0.25, 0.3) is 0 Å². The fraction of sp³-hybridized carbons (Fsp3) is 0.500. The molecule has 6 heteroatoms. The zero-order chi connectivity index (χ0) is 17.7. The molecule has 0 saturated carbocycles. The van der Waals surface area contributed by atoms with Gasteiger partial charge in [0.15, 0.2) is 0 Å². The second-order valence-electron chi connectivity index (χ2n) is 6.35. The molecule has 128 valence electrons. The van der Waals surface area contributed by atoms with Crippen LogP contribution in [0.5, 0.6) is 0 Å². The number of nitrogens with zero attached hydrogens (tertiary/aromatic N) is 2. The molecule has 0 aromatic heterocycles. The van der Waals surface area contributed by atoms with Crippen molar-refractivity contribution in [3.05, 3.63) is 34.9 Å². The monoisotopic (exact) mass is 328 g/mol. The van der Waals surface area contributed by atoms with Crippen molar-refractivity contribution in [2.24, 2.45) is 5.92 Å². The number of rotatable bonds is 4. The molecule has 6 nitrogen and oxygen atoms in total. The van der Waals surface area contributed by atoms with Gasteiger partial charge < -0.3 is 15.5 Å². The topological polar surface area (TPSA) is 85.2 Å². The van der Waals surface area contributed by atoms with Crippen LogP contribution < -0.4 is 10.6 Å². The van der Waals surface area contributed by atoms with E-state index < -0.39 is 6.04 Å². The van der Waals surface area contributed by atoms with Crippen LogP contribution in [0.4, 0.5) is 4.79 Å². The minimum atomic E-state index is -0.547. The summed E-state index contributed by atoms with van der Waals surface area (Å²) in [6, 6.07) is 7.30. The second kappa shape index (κ2) is 7.82. The van der Waals surface area contributed by atoms with Crippen molar-refractivity contribution in [3.63, 3.8) is 0 Å². The first-order valence-electron chi connectivity index (χ1n) is 8.21. The molecule has 0 spiro atoms. The minimum Gasteiger partial charge on any atom is -0.357 e. The van der Waals surface area contributed by atoms with Crippen LogP contribution in [0.3, 0.4) is 0 Å². The number of hydrogen-bond donors (Lipinski definition) is 2. The van der Waals surface area contributed by atoms with Gasteiger partial charge in [0.25, 0.3) is 0 Å². The molecular weight excluding hydrogens is 304 g/mol. The summed E-state index contributed by atoms with van der Waals surface area (Å²) in [6.45, 7) is 4.89. The summed E-state index contributed by atoms with van der Waals surface area (Å²) < 4.78 is 0. The smallest absolute Gasteiger partial charge is 0.318 e. The molecule has 3 amide bonds. The number of fused-ring (bicyclic) bond motifs is 1. The van der Waals surface area contributed by atoms with Gasteiger partial charge in [-0.1, -0.05) is 32.0 Å². The van der Waals surface area contributed by atoms with Gasteiger partial charge in [0.05, 0.1) is 12.5 Å². The second-order valence-corrected chi connectivity index (χ2v) is 6.35. The molecular formula is C18H24N4O2. The van der Waals surface area contributed by atoms with Gasteiger partial charge >= 0.3 is 6.03 Å². The van der Waals surface area contributed by atoms with Crippen molar-refractivity contribution < 1.29 is 9.59 Å². The van der Waals surface area contributed by atoms with Gasteiger partial charge in [0, 0.05) is 20.1 Å². The van der Waals surface area contributed by atoms with Gasteiger partial charge in [0.2, 0.25) is 5.91 Å². The van der Waals surface area contributed by atoms with Gasteiger partial charge in [0.1, 0.15) is 6.04 Å². The SMILES string of the molecule is CNC(=O)[C@@H](NC(=O)N1CCc2c(CC#N)cccc2C1)C(C)C. The molecule has 1 aliphatic rings. The van der Waals surface area contributed by atoms with Crippen molar-refractivity contribution in [3.8, 4) is 6.07 Å². The standard InChI is InChI=1S/C18H24N4O2/c1-12(2)16(17(23)20-3)21-18(24)22-10-8-15-13(7-9-19)5-4-6-14(15)11-22/h4-6,12,16H,7-8,10-11H2,1-3H3,(H,20,23)(H,21,24)/t16-/m0/s1. The number of nitriles is 1. The molecule has 0 fully saturated rings. The van der Waals surface area contributed by atoms with Gasteiger partial charge in [-0.15, -0.1) is 0 Å². The molecule has 0 aliphatic carbocycles. The Bertz CT molecular complexity index is 663. The number of hydrogen-bond acceptors (Lipinski definition) is 3. The van der Waals surface area contributed by atoms with E-state index in [4.69, 9.17) is 5.26 Å². The Morgan fingerprint density at radius 2 is 2.12 bits per heavy atom. The van der Waals surface area contributed by atoms with E-state index in [1.807, 2.05) is 32.0 Å². The number of carbonyl (C=O) groups is 2. The first-order chi connectivity index (χ1) is 11.5. The summed E-state index contributed by atoms with van der Waals surface area (Å²) in [5, 5.41) is 14.3. The highest BCUT2D eigenvalue weighted by Gasteiger charge is 2.27. The zero-order valence-corrected chi connectivity index (χ0v) is 14.4. The Kier molecular flexibility index (Phi) is 5.80. The molecule has 24 heavy (non-hydrogen) atoms. The molecule has 1 aromatic carbocycles. The van der Waals surface area contributed by atoms with E-state index in [2.05, 4.69) is 16.7 Å². The van der Waals surface area contributed by atoms with Crippen molar-refractivity contribution >= 4 is 11.9 Å². The number of amides is 3. The number of nitrogens with one attached hydrogen (secondary N) is 2. The normalized spacial score (nSPS) is 14.5. The van der Waals surface area contributed by atoms with E-state index >= 15 is 0 Å². The summed E-state index contributed by atoms with van der Waals surface area (Å²) in [5.41, 5.74) is 3.29. The first-order valence-corrected chi connectivity index (χ1v) is 8.21. The maximum absolute atomic E-state index is 12.5. The number of benzene rings is 1. The number of urea groups is 1. The number of likely N-dealkylation sites (N-methyl/N-ethyl adjacent to an activating group) is 1. The average Bonchev–Trinajstić information content (AvgIpc) is 2.58. The summed E-state index contributed by atoms with van der Waals surface area (Å²) in [4.78, 5) is 26.2. The minimum absolute atomic E-state index is 0.00760. The molecule has 0 bridgehead atoms. The Balaban J connectivity index is 2.10. The lowest BCUT2D eigenvalue weighted by atomic mass is 9.93. The van der Waals surface area contributed by atoms with Crippen molar-refractivity contribution in [1.82, 2.24) is 15.5 Å². The van der Waals surface area contributed by atoms with E-state index in [-0.39, 0.29) is 17.9 Å². The highest BCUT2D eigenvalue weighted by molar-refractivity contribution is 5.87. The van der Waals surface area contributed by atoms with Gasteiger partial charge in [-0.3, -0.25) is 4.79 Å². The Morgan fingerprint density at radius 1 is 1.38 bits per heavy atom. The summed E-state index contributed by atoms with van der Waals surface area (Å²) in [6.07, 6.45) is 1.12. The third kappa shape index (κ3) is 3.85. The Hall–Kier alpha value is -2.55. The van der Waals surface area contributed by atoms with Crippen LogP contribution in [0.1, 0.15) is 30.5 Å². The predicted molar refractivity (Wildman–Crippen MR) is 91.1 cm³/mol. The number of carbonyl (C=O) groups excluding carboxylic acids is 2. The third-order valence-corrected chi connectivity index (χ3v) is 4.39. The van der Waals surface area contributed by atoms with Gasteiger partial charge in [-0.05, 0) is 29.0 Å². The van der Waals surface area contributed by atoms with Gasteiger partial charge in [-0.2, -0.15) is 5.26 Å². The Labute approximate surface area is 142 Å². The molecule has 1 aliphatic heterocycles. The highest BCUT2D eigenvalue weighted by Crippen LogP contribution is 2.23. The molecule has 0 saturated heterocycles. The first kappa shape index (κ1) is 17.8. The quantitative estimate of drug-likeness (QED) is 0.880. The fourth-order valence-electron chi connectivity index (χ4n) is 3.03. The lowest BCUT2D eigenvalue weighted by Gasteiger charge is -2.32. The molecule has 1 heterocycles. The average molecular weight is 328 g/mol. The van der Waals surface area contributed by atoms with Gasteiger partial charge in [-0.25, -0.2) is 4.79 Å². The molecule has 1 aromatic rings. The van der Waals surface area contributed by atoms with E-state index in [9.17, 15) is 9.59 Å². The molecule has 2 rings (SSSR count). The van der Waals surface area contributed by atoms with E-state index in [1.165, 1.54) is 5.56 Å². The third-order valence-electron chi connectivity index (χ3n) is 4.39. The molecule has 0 unspecified atom stereocenters. The highest BCUT2D eigenvalue weighted by atomic mass is 16.2. The van der Waals surface area contributed by atoms with Crippen LogP contribution in [0.15, 0.2) is 18.2 Å². The fourth-order valence-corrected chi connectivity index (χ4v) is 3.03. The summed E-state index contributed by atoms with van der Waals surface area (Å²) >= 11 is 0. The Morgan fingerprint density at radius 3 is 2.75 bits per heavy atom. The lowest BCUT2D eigenvalue weighted by Crippen LogP contribution is -2.53. The zero-order valence-electron chi connectivity index (χ0n) is 14.4. The summed E-state index contributed by atoms with van der Waals surface area (Å²) in [7, 11) is 1.57. The van der Waals surface area contributed by atoms with Crippen LogP contribution in [-0.2, 0) is 24.2 Å². The maximum Gasteiger partial charge on any atom is 0.318 e. The van der Waals surface area contributed by atoms with E-state index in [0.717, 1.165) is 17.5 Å². The van der Waals surface area contributed by atoms with Crippen molar-refractivity contribution in [2.45, 2.75) is 39.3 Å². The summed E-state index contributed by atoms with van der Waals surface area (Å²) in [5.74, 6) is -0.180. The van der Waals surface area contributed by atoms with Crippen LogP contribution >= 0.6 is 0 Å².